The summed E-state index contributed by atoms with van der Waals surface area (Å²) in [6.07, 6.45) is 2.43. The van der Waals surface area contributed by atoms with E-state index in [1.807, 2.05) is 0 Å². The van der Waals surface area contributed by atoms with Gasteiger partial charge in [-0.3, -0.25) is 19.8 Å². The number of hydrogen-bond donors (Lipinski definition) is 1. The fourth-order valence-electron chi connectivity index (χ4n) is 3.28. The highest BCUT2D eigenvalue weighted by Gasteiger charge is 2.34. The number of imide groups is 1. The lowest BCUT2D eigenvalue weighted by atomic mass is 10.1. The smallest absolute Gasteiger partial charge is 0.373 e. The first-order valence-electron chi connectivity index (χ1n) is 10.4. The fourth-order valence-corrected chi connectivity index (χ4v) is 3.54. The number of halogens is 1. The number of pyridine rings is 1. The van der Waals surface area contributed by atoms with Gasteiger partial charge in [-0.2, -0.15) is 0 Å². The van der Waals surface area contributed by atoms with Gasteiger partial charge in [0.15, 0.2) is 11.5 Å². The van der Waals surface area contributed by atoms with Crippen molar-refractivity contribution in [2.45, 2.75) is 6.54 Å². The number of benzene rings is 1. The maximum absolute atomic E-state index is 12.8. The number of nitrogens with one attached hydrogen (secondary N) is 1. The molecule has 0 radical (unpaired) electrons. The van der Waals surface area contributed by atoms with Crippen molar-refractivity contribution in [1.29, 1.82) is 0 Å². The standard InChI is InChI=1S/C23H17ClN4O9/c1-34-18-9-12(7-15(24)20(18)37-19-6-3-13(10-25-19)28(32)33)8-16-21(29)27(23(31)26-16)11-14-4-5-17(36-14)22(30)35-2/h3-10H,11H2,1-2H3,(H,26,31)/b16-8-. The van der Waals surface area contributed by atoms with Gasteiger partial charge in [-0.15, -0.1) is 0 Å². The van der Waals surface area contributed by atoms with Gasteiger partial charge in [-0.05, 0) is 35.9 Å². The number of furan rings is 1. The molecule has 3 aromatic rings. The number of ether oxygens (including phenoxy) is 3. The third-order valence-electron chi connectivity index (χ3n) is 5.03. The Balaban J connectivity index is 1.54. The monoisotopic (exact) mass is 528 g/mol. The molecule has 0 aliphatic carbocycles. The van der Waals surface area contributed by atoms with Crippen molar-refractivity contribution in [2.24, 2.45) is 0 Å². The van der Waals surface area contributed by atoms with Crippen LogP contribution in [0.25, 0.3) is 6.08 Å². The Hall–Kier alpha value is -4.91. The second-order valence-corrected chi connectivity index (χ2v) is 7.79. The van der Waals surface area contributed by atoms with Crippen molar-refractivity contribution in [3.05, 3.63) is 80.5 Å². The Morgan fingerprint density at radius 2 is 2.03 bits per heavy atom. The van der Waals surface area contributed by atoms with Crippen LogP contribution in [0.1, 0.15) is 21.9 Å². The van der Waals surface area contributed by atoms with E-state index in [1.165, 1.54) is 56.7 Å². The van der Waals surface area contributed by atoms with Gasteiger partial charge >= 0.3 is 12.0 Å². The average Bonchev–Trinajstić information content (AvgIpc) is 3.45. The zero-order valence-corrected chi connectivity index (χ0v) is 20.0. The number of carbonyl (C=O) groups is 3. The highest BCUT2D eigenvalue weighted by Crippen LogP contribution is 2.39. The van der Waals surface area contributed by atoms with E-state index in [9.17, 15) is 24.5 Å². The van der Waals surface area contributed by atoms with Gasteiger partial charge in [0, 0.05) is 12.1 Å². The van der Waals surface area contributed by atoms with Crippen LogP contribution in [0.4, 0.5) is 10.5 Å². The minimum atomic E-state index is -0.688. The molecule has 1 aliphatic heterocycles. The Kier molecular flexibility index (Phi) is 7.06. The summed E-state index contributed by atoms with van der Waals surface area (Å²) in [7, 11) is 2.57. The van der Waals surface area contributed by atoms with Crippen molar-refractivity contribution < 1.29 is 37.9 Å². The second-order valence-electron chi connectivity index (χ2n) is 7.38. The molecule has 1 aromatic carbocycles. The molecule has 3 amide bonds. The first-order chi connectivity index (χ1) is 17.7. The first-order valence-corrected chi connectivity index (χ1v) is 10.8. The molecule has 2 aromatic heterocycles. The summed E-state index contributed by atoms with van der Waals surface area (Å²) in [6, 6.07) is 7.65. The lowest BCUT2D eigenvalue weighted by Gasteiger charge is -2.12. The number of urea groups is 1. The number of amides is 3. The van der Waals surface area contributed by atoms with Crippen LogP contribution in [0.5, 0.6) is 17.4 Å². The average molecular weight is 529 g/mol. The number of nitrogens with zero attached hydrogens (tertiary/aromatic N) is 3. The van der Waals surface area contributed by atoms with Gasteiger partial charge in [-0.1, -0.05) is 11.6 Å². The number of esters is 1. The molecule has 13 nitrogen and oxygen atoms in total. The predicted molar refractivity (Wildman–Crippen MR) is 126 cm³/mol. The fraction of sp³-hybridized carbons (Fsp3) is 0.130. The molecule has 1 aliphatic rings. The van der Waals surface area contributed by atoms with Crippen LogP contribution < -0.4 is 14.8 Å². The third kappa shape index (κ3) is 5.36. The number of carbonyl (C=O) groups excluding carboxylic acids is 3. The summed E-state index contributed by atoms with van der Waals surface area (Å²) < 4.78 is 20.9. The summed E-state index contributed by atoms with van der Waals surface area (Å²) >= 11 is 6.37. The van der Waals surface area contributed by atoms with Gasteiger partial charge in [0.1, 0.15) is 17.7 Å². The Bertz CT molecular complexity index is 1430. The highest BCUT2D eigenvalue weighted by molar-refractivity contribution is 6.32. The number of hydrogen-bond acceptors (Lipinski definition) is 10. The topological polar surface area (TPSA) is 163 Å². The van der Waals surface area contributed by atoms with E-state index in [1.54, 1.807) is 0 Å². The van der Waals surface area contributed by atoms with E-state index < -0.39 is 22.8 Å². The van der Waals surface area contributed by atoms with Crippen LogP contribution in [-0.2, 0) is 16.1 Å². The summed E-state index contributed by atoms with van der Waals surface area (Å²) in [4.78, 5) is 51.8. The van der Waals surface area contributed by atoms with Crippen molar-refractivity contribution in [3.8, 4) is 17.4 Å². The second kappa shape index (κ2) is 10.4. The van der Waals surface area contributed by atoms with Gasteiger partial charge in [-0.25, -0.2) is 14.6 Å². The number of methoxy groups -OCH3 is 2. The number of nitro groups is 1. The Morgan fingerprint density at radius 3 is 2.68 bits per heavy atom. The summed E-state index contributed by atoms with van der Waals surface area (Å²) in [5.41, 5.74) is 0.163. The van der Waals surface area contributed by atoms with Crippen molar-refractivity contribution in [1.82, 2.24) is 15.2 Å². The predicted octanol–water partition coefficient (Wildman–Crippen LogP) is 3.92. The maximum Gasteiger partial charge on any atom is 0.373 e. The van der Waals surface area contributed by atoms with Crippen LogP contribution in [0, 0.1) is 10.1 Å². The molecule has 0 unspecified atom stereocenters. The molecular weight excluding hydrogens is 512 g/mol. The van der Waals surface area contributed by atoms with Crippen molar-refractivity contribution >= 4 is 41.3 Å². The maximum atomic E-state index is 12.8. The van der Waals surface area contributed by atoms with Crippen LogP contribution in [0.15, 0.2) is 52.7 Å². The molecule has 1 saturated heterocycles. The van der Waals surface area contributed by atoms with Gasteiger partial charge in [0.05, 0.1) is 30.7 Å². The van der Waals surface area contributed by atoms with Crippen LogP contribution in [0.2, 0.25) is 5.02 Å². The summed E-state index contributed by atoms with van der Waals surface area (Å²) in [6.45, 7) is -0.210. The largest absolute Gasteiger partial charge is 0.493 e. The minimum absolute atomic E-state index is 0.0337. The van der Waals surface area contributed by atoms with E-state index in [0.717, 1.165) is 11.1 Å². The summed E-state index contributed by atoms with van der Waals surface area (Å²) in [5, 5.41) is 13.4. The zero-order chi connectivity index (χ0) is 26.7. The molecule has 4 rings (SSSR count). The van der Waals surface area contributed by atoms with Crippen LogP contribution in [0.3, 0.4) is 0 Å². The Morgan fingerprint density at radius 1 is 1.24 bits per heavy atom. The normalized spacial score (nSPS) is 14.0. The molecule has 37 heavy (non-hydrogen) atoms. The van der Waals surface area contributed by atoms with E-state index in [2.05, 4.69) is 15.0 Å². The van der Waals surface area contributed by atoms with Gasteiger partial charge in [0.2, 0.25) is 11.6 Å². The van der Waals surface area contributed by atoms with Crippen LogP contribution in [-0.4, -0.2) is 46.9 Å². The van der Waals surface area contributed by atoms with Gasteiger partial charge < -0.3 is 23.9 Å². The van der Waals surface area contributed by atoms with Crippen molar-refractivity contribution in [3.63, 3.8) is 0 Å². The van der Waals surface area contributed by atoms with Gasteiger partial charge in [0.25, 0.3) is 11.6 Å². The quantitative estimate of drug-likeness (QED) is 0.149. The number of aromatic nitrogens is 1. The molecule has 1 fully saturated rings. The molecule has 0 saturated carbocycles. The molecule has 14 heteroatoms. The summed E-state index contributed by atoms with van der Waals surface area (Å²) in [5.74, 6) is -0.865. The molecule has 0 bridgehead atoms. The molecular formula is C23H17ClN4O9. The molecule has 0 atom stereocenters. The first kappa shape index (κ1) is 25.2. The SMILES string of the molecule is COC(=O)c1ccc(CN2C(=O)N/C(=C\c3cc(Cl)c(Oc4ccc([N+](=O)[O-])cn4)c(OC)c3)C2=O)o1. The van der Waals surface area contributed by atoms with E-state index in [-0.39, 0.29) is 51.9 Å². The molecule has 3 heterocycles. The molecule has 1 N–H and O–H groups in total. The van der Waals surface area contributed by atoms with E-state index in [0.29, 0.717) is 5.56 Å². The van der Waals surface area contributed by atoms with E-state index in [4.69, 9.17) is 25.5 Å². The van der Waals surface area contributed by atoms with Crippen LogP contribution >= 0.6 is 11.6 Å². The van der Waals surface area contributed by atoms with E-state index >= 15 is 0 Å². The molecule has 0 spiro atoms. The lowest BCUT2D eigenvalue weighted by Crippen LogP contribution is -2.30. The highest BCUT2D eigenvalue weighted by atomic mass is 35.5. The zero-order valence-electron chi connectivity index (χ0n) is 19.2. The molecule has 190 valence electrons. The number of rotatable bonds is 8. The van der Waals surface area contributed by atoms with Crippen molar-refractivity contribution in [2.75, 3.05) is 14.2 Å². The minimum Gasteiger partial charge on any atom is -0.493 e. The Labute approximate surface area is 213 Å². The third-order valence-corrected chi connectivity index (χ3v) is 5.31. The lowest BCUT2D eigenvalue weighted by molar-refractivity contribution is -0.385.